The molecule has 2 amide bonds. The third-order valence-electron chi connectivity index (χ3n) is 4.68. The molecule has 2 N–H and O–H groups in total. The minimum absolute atomic E-state index is 0.263. The highest BCUT2D eigenvalue weighted by molar-refractivity contribution is 9.10. The van der Waals surface area contributed by atoms with Gasteiger partial charge < -0.3 is 14.8 Å². The topological polar surface area (TPSA) is 113 Å². The van der Waals surface area contributed by atoms with E-state index < -0.39 is 11.8 Å². The summed E-state index contributed by atoms with van der Waals surface area (Å²) in [6.07, 6.45) is 1.65. The van der Waals surface area contributed by atoms with Crippen molar-refractivity contribution >= 4 is 51.2 Å². The van der Waals surface area contributed by atoms with E-state index >= 15 is 0 Å². The minimum atomic E-state index is -0.932. The van der Waals surface area contributed by atoms with E-state index in [-0.39, 0.29) is 6.42 Å². The summed E-state index contributed by atoms with van der Waals surface area (Å²) < 4.78 is 12.3. The van der Waals surface area contributed by atoms with Gasteiger partial charge in [0, 0.05) is 10.7 Å². The Morgan fingerprint density at radius 3 is 2.56 bits per heavy atom. The number of nitriles is 1. The zero-order valence-corrected chi connectivity index (χ0v) is 21.6. The van der Waals surface area contributed by atoms with Crippen LogP contribution in [0.15, 0.2) is 70.2 Å². The highest BCUT2D eigenvalue weighted by Gasteiger charge is 2.14. The van der Waals surface area contributed by atoms with Crippen LogP contribution in [0.2, 0.25) is 5.02 Å². The standard InChI is InChI=1S/C26H22BrClN4O4/c1-2-35-23-14-19(13-22(27)24(23)36-16-18-4-3-5-20(28)12-18)15-30-32-26(34)25(33)31-21-8-6-17(7-9-21)10-11-29/h3-9,12-15H,2,10,16H2,1H3,(H,31,33)(H,32,34). The molecule has 0 saturated heterocycles. The van der Waals surface area contributed by atoms with Gasteiger partial charge in [0.15, 0.2) is 11.5 Å². The van der Waals surface area contributed by atoms with Crippen LogP contribution in [0.3, 0.4) is 0 Å². The molecule has 8 nitrogen and oxygen atoms in total. The van der Waals surface area contributed by atoms with Crippen LogP contribution >= 0.6 is 27.5 Å². The maximum Gasteiger partial charge on any atom is 0.329 e. The molecule has 0 fully saturated rings. The molecule has 3 rings (SSSR count). The van der Waals surface area contributed by atoms with E-state index in [1.165, 1.54) is 6.21 Å². The number of carbonyl (C=O) groups excluding carboxylic acids is 2. The second-order valence-corrected chi connectivity index (χ2v) is 8.66. The maximum atomic E-state index is 12.1. The van der Waals surface area contributed by atoms with E-state index in [9.17, 15) is 9.59 Å². The first-order valence-corrected chi connectivity index (χ1v) is 12.0. The molecule has 10 heteroatoms. The van der Waals surface area contributed by atoms with Crippen LogP contribution in [-0.4, -0.2) is 24.6 Å². The minimum Gasteiger partial charge on any atom is -0.490 e. The van der Waals surface area contributed by atoms with Gasteiger partial charge in [-0.25, -0.2) is 5.43 Å². The van der Waals surface area contributed by atoms with Crippen LogP contribution in [0.1, 0.15) is 23.6 Å². The Morgan fingerprint density at radius 1 is 1.08 bits per heavy atom. The van der Waals surface area contributed by atoms with E-state index in [1.54, 1.807) is 42.5 Å². The normalized spacial score (nSPS) is 10.5. The summed E-state index contributed by atoms with van der Waals surface area (Å²) in [6, 6.07) is 19.5. The van der Waals surface area contributed by atoms with Crippen LogP contribution in [0.4, 0.5) is 5.69 Å². The summed E-state index contributed by atoms with van der Waals surface area (Å²) in [4.78, 5) is 24.2. The number of nitrogens with one attached hydrogen (secondary N) is 2. The van der Waals surface area contributed by atoms with Crippen molar-refractivity contribution in [3.63, 3.8) is 0 Å². The van der Waals surface area contributed by atoms with Gasteiger partial charge in [0.05, 0.1) is 29.8 Å². The van der Waals surface area contributed by atoms with Crippen LogP contribution in [0.25, 0.3) is 0 Å². The summed E-state index contributed by atoms with van der Waals surface area (Å²) in [5.74, 6) is -0.809. The number of hydrogen-bond donors (Lipinski definition) is 2. The molecule has 0 unspecified atom stereocenters. The first-order chi connectivity index (χ1) is 17.4. The molecule has 0 aliphatic heterocycles. The Balaban J connectivity index is 1.62. The second kappa shape index (κ2) is 13.3. The van der Waals surface area contributed by atoms with Gasteiger partial charge in [-0.15, -0.1) is 0 Å². The Bertz CT molecular complexity index is 1310. The fraction of sp³-hybridized carbons (Fsp3) is 0.154. The Labute approximate surface area is 222 Å². The second-order valence-electron chi connectivity index (χ2n) is 7.37. The van der Waals surface area contributed by atoms with Crippen LogP contribution in [-0.2, 0) is 22.6 Å². The Hall–Kier alpha value is -3.87. The molecule has 184 valence electrons. The molecule has 0 aliphatic rings. The fourth-order valence-corrected chi connectivity index (χ4v) is 3.84. The molecule has 0 radical (unpaired) electrons. The van der Waals surface area contributed by atoms with E-state index in [1.807, 2.05) is 31.2 Å². The predicted molar refractivity (Wildman–Crippen MR) is 141 cm³/mol. The van der Waals surface area contributed by atoms with Crippen molar-refractivity contribution in [3.8, 4) is 17.6 Å². The lowest BCUT2D eigenvalue weighted by molar-refractivity contribution is -0.136. The molecule has 0 saturated carbocycles. The fourth-order valence-electron chi connectivity index (χ4n) is 3.05. The summed E-state index contributed by atoms with van der Waals surface area (Å²) >= 11 is 9.53. The average Bonchev–Trinajstić information content (AvgIpc) is 2.85. The number of halogens is 2. The zero-order chi connectivity index (χ0) is 25.9. The molecule has 0 bridgehead atoms. The van der Waals surface area contributed by atoms with E-state index in [4.69, 9.17) is 26.3 Å². The number of benzene rings is 3. The molecule has 0 heterocycles. The van der Waals surface area contributed by atoms with Gasteiger partial charge in [-0.05, 0) is 75.9 Å². The van der Waals surface area contributed by atoms with Gasteiger partial charge >= 0.3 is 11.8 Å². The number of rotatable bonds is 9. The number of nitrogens with zero attached hydrogens (tertiary/aromatic N) is 2. The molecular weight excluding hydrogens is 548 g/mol. The number of hydrazone groups is 1. The van der Waals surface area contributed by atoms with Crippen molar-refractivity contribution in [2.24, 2.45) is 5.10 Å². The lowest BCUT2D eigenvalue weighted by Gasteiger charge is -2.15. The van der Waals surface area contributed by atoms with Crippen molar-refractivity contribution in [2.75, 3.05) is 11.9 Å². The largest absolute Gasteiger partial charge is 0.490 e. The summed E-state index contributed by atoms with van der Waals surface area (Å²) in [7, 11) is 0. The smallest absolute Gasteiger partial charge is 0.329 e. The summed E-state index contributed by atoms with van der Waals surface area (Å²) in [5.41, 5.74) is 4.94. The van der Waals surface area contributed by atoms with Crippen molar-refractivity contribution in [1.82, 2.24) is 5.43 Å². The third kappa shape index (κ3) is 7.83. The number of carbonyl (C=O) groups is 2. The monoisotopic (exact) mass is 568 g/mol. The zero-order valence-electron chi connectivity index (χ0n) is 19.3. The maximum absolute atomic E-state index is 12.1. The van der Waals surface area contributed by atoms with Gasteiger partial charge in [0.25, 0.3) is 0 Å². The van der Waals surface area contributed by atoms with Gasteiger partial charge in [-0.3, -0.25) is 9.59 Å². The first kappa shape index (κ1) is 26.7. The molecule has 0 aliphatic carbocycles. The highest BCUT2D eigenvalue weighted by Crippen LogP contribution is 2.37. The number of anilines is 1. The van der Waals surface area contributed by atoms with E-state index in [0.29, 0.717) is 45.5 Å². The van der Waals surface area contributed by atoms with Crippen molar-refractivity contribution in [1.29, 1.82) is 5.26 Å². The van der Waals surface area contributed by atoms with Crippen LogP contribution in [0, 0.1) is 11.3 Å². The predicted octanol–water partition coefficient (Wildman–Crippen LogP) is 5.24. The van der Waals surface area contributed by atoms with E-state index in [0.717, 1.165) is 11.1 Å². The number of hydrogen-bond acceptors (Lipinski definition) is 6. The van der Waals surface area contributed by atoms with Crippen LogP contribution in [0.5, 0.6) is 11.5 Å². The Kier molecular flexibility index (Phi) is 9.86. The molecule has 36 heavy (non-hydrogen) atoms. The first-order valence-electron chi connectivity index (χ1n) is 10.8. The van der Waals surface area contributed by atoms with Crippen molar-refractivity contribution in [2.45, 2.75) is 20.0 Å². The van der Waals surface area contributed by atoms with Crippen molar-refractivity contribution < 1.29 is 19.1 Å². The lowest BCUT2D eigenvalue weighted by atomic mass is 10.1. The molecule has 0 spiro atoms. The molecule has 3 aromatic rings. The SMILES string of the molecule is CCOc1cc(C=NNC(=O)C(=O)Nc2ccc(CC#N)cc2)cc(Br)c1OCc1cccc(Cl)c1. The third-order valence-corrected chi connectivity index (χ3v) is 5.51. The lowest BCUT2D eigenvalue weighted by Crippen LogP contribution is -2.32. The quantitative estimate of drug-likeness (QED) is 0.208. The van der Waals surface area contributed by atoms with Crippen molar-refractivity contribution in [3.05, 3.63) is 86.8 Å². The molecule has 3 aromatic carbocycles. The Morgan fingerprint density at radius 2 is 1.86 bits per heavy atom. The average molecular weight is 570 g/mol. The summed E-state index contributed by atoms with van der Waals surface area (Å²) in [6.45, 7) is 2.55. The van der Waals surface area contributed by atoms with Crippen LogP contribution < -0.4 is 20.2 Å². The summed E-state index contributed by atoms with van der Waals surface area (Å²) in [5, 5.41) is 15.7. The van der Waals surface area contributed by atoms with Gasteiger partial charge in [-0.2, -0.15) is 10.4 Å². The highest BCUT2D eigenvalue weighted by atomic mass is 79.9. The molecule has 0 aromatic heterocycles. The van der Waals surface area contributed by atoms with Gasteiger partial charge in [0.2, 0.25) is 0 Å². The molecular formula is C26H22BrClN4O4. The van der Waals surface area contributed by atoms with Gasteiger partial charge in [0.1, 0.15) is 6.61 Å². The number of amides is 2. The number of ether oxygens (including phenoxy) is 2. The van der Waals surface area contributed by atoms with E-state index in [2.05, 4.69) is 31.8 Å². The van der Waals surface area contributed by atoms with Gasteiger partial charge in [-0.1, -0.05) is 35.9 Å². The molecule has 0 atom stereocenters.